The summed E-state index contributed by atoms with van der Waals surface area (Å²) in [5, 5.41) is 3.03. The molecule has 3 aliphatic rings. The molecule has 34 heavy (non-hydrogen) atoms. The lowest BCUT2D eigenvalue weighted by molar-refractivity contribution is -0.136. The van der Waals surface area contributed by atoms with E-state index in [2.05, 4.69) is 17.4 Å². The van der Waals surface area contributed by atoms with Crippen molar-refractivity contribution < 1.29 is 14.4 Å². The molecule has 7 heteroatoms. The number of benzene rings is 2. The van der Waals surface area contributed by atoms with Crippen LogP contribution in [0.4, 0.5) is 4.79 Å². The van der Waals surface area contributed by atoms with Crippen LogP contribution in [0.25, 0.3) is 0 Å². The van der Waals surface area contributed by atoms with E-state index in [0.29, 0.717) is 32.4 Å². The van der Waals surface area contributed by atoms with Crippen molar-refractivity contribution in [2.75, 3.05) is 19.3 Å². The minimum atomic E-state index is -0.908. The number of amides is 4. The van der Waals surface area contributed by atoms with Gasteiger partial charge in [-0.15, -0.1) is 11.8 Å². The molecule has 2 fully saturated rings. The zero-order valence-corrected chi connectivity index (χ0v) is 20.6. The molecular weight excluding hydrogens is 446 g/mol. The number of likely N-dealkylation sites (tertiary alicyclic amines) is 1. The summed E-state index contributed by atoms with van der Waals surface area (Å²) >= 11 is 1.69. The van der Waals surface area contributed by atoms with E-state index in [0.717, 1.165) is 18.4 Å². The van der Waals surface area contributed by atoms with Crippen LogP contribution in [0.15, 0.2) is 53.4 Å². The van der Waals surface area contributed by atoms with E-state index in [9.17, 15) is 14.4 Å². The summed E-state index contributed by atoms with van der Waals surface area (Å²) < 4.78 is 0. The number of urea groups is 1. The third kappa shape index (κ3) is 4.11. The number of fused-ring (bicyclic) bond motifs is 1. The van der Waals surface area contributed by atoms with Crippen molar-refractivity contribution in [2.45, 2.75) is 55.5 Å². The van der Waals surface area contributed by atoms with Gasteiger partial charge in [-0.05, 0) is 73.6 Å². The molecule has 4 amide bonds. The van der Waals surface area contributed by atoms with Crippen LogP contribution in [0.5, 0.6) is 0 Å². The molecule has 0 unspecified atom stereocenters. The first-order chi connectivity index (χ1) is 16.4. The van der Waals surface area contributed by atoms with E-state index in [1.54, 1.807) is 11.8 Å². The summed E-state index contributed by atoms with van der Waals surface area (Å²) in [5.41, 5.74) is 2.55. The minimum absolute atomic E-state index is 0.0163. The Morgan fingerprint density at radius 3 is 2.24 bits per heavy atom. The van der Waals surface area contributed by atoms with Gasteiger partial charge in [0, 0.05) is 24.0 Å². The van der Waals surface area contributed by atoms with E-state index in [1.807, 2.05) is 54.5 Å². The molecule has 0 radical (unpaired) electrons. The largest absolute Gasteiger partial charge is 0.342 e. The zero-order chi connectivity index (χ0) is 23.9. The highest BCUT2D eigenvalue weighted by atomic mass is 32.2. The number of hydrogen-bond acceptors (Lipinski definition) is 4. The van der Waals surface area contributed by atoms with Crippen LogP contribution in [0.3, 0.4) is 0 Å². The van der Waals surface area contributed by atoms with Gasteiger partial charge in [0.2, 0.25) is 5.91 Å². The molecular formula is C27H31N3O3S. The molecule has 0 saturated carbocycles. The number of nitrogens with zero attached hydrogens (tertiary/aromatic N) is 2. The monoisotopic (exact) mass is 477 g/mol. The Kier molecular flexibility index (Phi) is 6.15. The zero-order valence-electron chi connectivity index (χ0n) is 19.8. The lowest BCUT2D eigenvalue weighted by Gasteiger charge is -2.39. The van der Waals surface area contributed by atoms with Gasteiger partial charge in [-0.25, -0.2) is 4.79 Å². The lowest BCUT2D eigenvalue weighted by Crippen LogP contribution is -2.55. The van der Waals surface area contributed by atoms with Gasteiger partial charge in [-0.2, -0.15) is 0 Å². The molecule has 0 bridgehead atoms. The van der Waals surface area contributed by atoms with Gasteiger partial charge in [0.15, 0.2) is 0 Å². The number of hydrogen-bond donors (Lipinski definition) is 1. The Hall–Kier alpha value is -2.80. The third-order valence-electron chi connectivity index (χ3n) is 7.82. The summed E-state index contributed by atoms with van der Waals surface area (Å²) in [6, 6.07) is 15.9. The van der Waals surface area contributed by atoms with Crippen molar-refractivity contribution in [3.63, 3.8) is 0 Å². The van der Waals surface area contributed by atoms with Gasteiger partial charge >= 0.3 is 6.03 Å². The smallest absolute Gasteiger partial charge is 0.325 e. The quantitative estimate of drug-likeness (QED) is 0.527. The second-order valence-electron chi connectivity index (χ2n) is 9.82. The summed E-state index contributed by atoms with van der Waals surface area (Å²) in [6.45, 7) is 3.09. The highest BCUT2D eigenvalue weighted by Crippen LogP contribution is 2.36. The number of carbonyl (C=O) groups excluding carboxylic acids is 3. The molecule has 2 heterocycles. The van der Waals surface area contributed by atoms with Crippen LogP contribution in [0.2, 0.25) is 0 Å². The van der Waals surface area contributed by atoms with E-state index < -0.39 is 5.54 Å². The minimum Gasteiger partial charge on any atom is -0.342 e. The van der Waals surface area contributed by atoms with Gasteiger partial charge in [-0.3, -0.25) is 14.5 Å². The summed E-state index contributed by atoms with van der Waals surface area (Å²) in [6.07, 6.45) is 5.28. The van der Waals surface area contributed by atoms with Crippen molar-refractivity contribution in [3.05, 3.63) is 65.2 Å². The molecule has 178 valence electrons. The second kappa shape index (κ2) is 9.10. The molecule has 2 aromatic rings. The van der Waals surface area contributed by atoms with Crippen molar-refractivity contribution in [3.8, 4) is 0 Å². The number of piperidine rings is 1. The lowest BCUT2D eigenvalue weighted by atomic mass is 9.78. The van der Waals surface area contributed by atoms with E-state index in [4.69, 9.17) is 0 Å². The average Bonchev–Trinajstić information content (AvgIpc) is 3.37. The predicted octanol–water partition coefficient (Wildman–Crippen LogP) is 3.67. The Bertz CT molecular complexity index is 1090. The maximum absolute atomic E-state index is 13.5. The van der Waals surface area contributed by atoms with Gasteiger partial charge < -0.3 is 10.2 Å². The van der Waals surface area contributed by atoms with E-state index in [-0.39, 0.29) is 29.8 Å². The van der Waals surface area contributed by atoms with Gasteiger partial charge in [-0.1, -0.05) is 36.4 Å². The number of imide groups is 1. The van der Waals surface area contributed by atoms with Crippen LogP contribution in [0, 0.1) is 5.92 Å². The van der Waals surface area contributed by atoms with Crippen molar-refractivity contribution in [1.29, 1.82) is 0 Å². The van der Waals surface area contributed by atoms with Gasteiger partial charge in [0.25, 0.3) is 5.91 Å². The summed E-state index contributed by atoms with van der Waals surface area (Å²) in [5.74, 6) is 0.0178. The molecule has 1 atom stereocenters. The molecule has 2 saturated heterocycles. The maximum atomic E-state index is 13.5. The number of carbonyl (C=O) groups is 3. The predicted molar refractivity (Wildman–Crippen MR) is 133 cm³/mol. The molecule has 1 aliphatic carbocycles. The Morgan fingerprint density at radius 2 is 1.65 bits per heavy atom. The molecule has 0 spiro atoms. The fraction of sp³-hybridized carbons (Fsp3) is 0.444. The maximum Gasteiger partial charge on any atom is 0.325 e. The fourth-order valence-corrected chi connectivity index (χ4v) is 6.15. The SMILES string of the molecule is CSc1ccc(CC(=O)N2CCC([C@@]3(C)NC(=O)N(C4Cc5ccccc5C4)C3=O)CC2)cc1. The summed E-state index contributed by atoms with van der Waals surface area (Å²) in [4.78, 5) is 43.9. The number of thioether (sulfide) groups is 1. The Balaban J connectivity index is 1.20. The fourth-order valence-electron chi connectivity index (χ4n) is 5.74. The number of nitrogens with one attached hydrogen (secondary N) is 1. The van der Waals surface area contributed by atoms with Crippen LogP contribution in [-0.4, -0.2) is 58.6 Å². The number of rotatable bonds is 5. The first kappa shape index (κ1) is 23.0. The molecule has 0 aromatic heterocycles. The molecule has 1 N–H and O–H groups in total. The second-order valence-corrected chi connectivity index (χ2v) is 10.7. The highest BCUT2D eigenvalue weighted by molar-refractivity contribution is 7.98. The van der Waals surface area contributed by atoms with E-state index >= 15 is 0 Å². The van der Waals surface area contributed by atoms with Crippen molar-refractivity contribution in [2.24, 2.45) is 5.92 Å². The van der Waals surface area contributed by atoms with Crippen molar-refractivity contribution in [1.82, 2.24) is 15.1 Å². The standard InChI is InChI=1S/C27H31N3O3S/c1-27(25(32)30(26(33)28-27)22-16-19-5-3-4-6-20(19)17-22)21-11-13-29(14-12-21)24(31)15-18-7-9-23(34-2)10-8-18/h3-10,21-22H,11-17H2,1-2H3,(H,28,33)/t27-/m1/s1. The van der Waals surface area contributed by atoms with Crippen LogP contribution >= 0.6 is 11.8 Å². The summed E-state index contributed by atoms with van der Waals surface area (Å²) in [7, 11) is 0. The van der Waals surface area contributed by atoms with Crippen molar-refractivity contribution >= 4 is 29.6 Å². The molecule has 5 rings (SSSR count). The normalized spacial score (nSPS) is 23.4. The van der Waals surface area contributed by atoms with Crippen LogP contribution in [0.1, 0.15) is 36.5 Å². The first-order valence-corrected chi connectivity index (χ1v) is 13.2. The Labute approximate surface area is 205 Å². The average molecular weight is 478 g/mol. The van der Waals surface area contributed by atoms with Crippen LogP contribution in [-0.2, 0) is 28.9 Å². The topological polar surface area (TPSA) is 69.7 Å². The van der Waals surface area contributed by atoms with Crippen LogP contribution < -0.4 is 5.32 Å². The first-order valence-electron chi connectivity index (χ1n) is 12.0. The Morgan fingerprint density at radius 1 is 1.03 bits per heavy atom. The molecule has 2 aliphatic heterocycles. The third-order valence-corrected chi connectivity index (χ3v) is 8.57. The van der Waals surface area contributed by atoms with Gasteiger partial charge in [0.1, 0.15) is 5.54 Å². The van der Waals surface area contributed by atoms with E-state index in [1.165, 1.54) is 20.9 Å². The van der Waals surface area contributed by atoms with Gasteiger partial charge in [0.05, 0.1) is 6.42 Å². The molecule has 2 aromatic carbocycles. The molecule has 6 nitrogen and oxygen atoms in total. The highest BCUT2D eigenvalue weighted by Gasteiger charge is 2.55.